The summed E-state index contributed by atoms with van der Waals surface area (Å²) in [7, 11) is 6.07. The predicted octanol–water partition coefficient (Wildman–Crippen LogP) is 0.976. The van der Waals surface area contributed by atoms with Crippen LogP contribution in [0.5, 0.6) is 0 Å². The number of hydrogen-bond donors (Lipinski definition) is 2. The van der Waals surface area contributed by atoms with E-state index >= 15 is 0 Å². The standard InChI is InChI=1S/C15H33N5/c1-13(2)20-11-7-14(8-12-20)18-15(16-3)17-9-6-10-19(4)5/h13-14H,6-12H2,1-5H3,(H2,16,17,18). The highest BCUT2D eigenvalue weighted by Gasteiger charge is 2.21. The average Bonchev–Trinajstić information content (AvgIpc) is 2.42. The first kappa shape index (κ1) is 17.2. The van der Waals surface area contributed by atoms with Crippen molar-refractivity contribution in [1.29, 1.82) is 0 Å². The summed E-state index contributed by atoms with van der Waals surface area (Å²) in [6.07, 6.45) is 3.55. The van der Waals surface area contributed by atoms with Gasteiger partial charge in [-0.3, -0.25) is 4.99 Å². The maximum atomic E-state index is 4.32. The van der Waals surface area contributed by atoms with E-state index in [2.05, 4.69) is 53.4 Å². The number of aliphatic imine (C=N–C) groups is 1. The number of guanidine groups is 1. The molecular formula is C15H33N5. The quantitative estimate of drug-likeness (QED) is 0.433. The third-order valence-electron chi connectivity index (χ3n) is 3.90. The van der Waals surface area contributed by atoms with Crippen molar-refractivity contribution in [1.82, 2.24) is 20.4 Å². The Labute approximate surface area is 124 Å². The molecule has 1 aliphatic heterocycles. The molecule has 0 bridgehead atoms. The lowest BCUT2D eigenvalue weighted by atomic mass is 10.0. The van der Waals surface area contributed by atoms with Gasteiger partial charge in [0.05, 0.1) is 0 Å². The summed E-state index contributed by atoms with van der Waals surface area (Å²) in [5.74, 6) is 0.951. The van der Waals surface area contributed by atoms with Crippen LogP contribution >= 0.6 is 0 Å². The van der Waals surface area contributed by atoms with Crippen LogP contribution < -0.4 is 10.6 Å². The first-order valence-electron chi connectivity index (χ1n) is 7.89. The normalized spacial score (nSPS) is 18.9. The van der Waals surface area contributed by atoms with Crippen LogP contribution in [0.25, 0.3) is 0 Å². The van der Waals surface area contributed by atoms with E-state index in [4.69, 9.17) is 0 Å². The van der Waals surface area contributed by atoms with Gasteiger partial charge < -0.3 is 20.4 Å². The summed E-state index contributed by atoms with van der Waals surface area (Å²) in [6, 6.07) is 1.23. The van der Waals surface area contributed by atoms with Gasteiger partial charge in [-0.25, -0.2) is 0 Å². The van der Waals surface area contributed by atoms with Crippen LogP contribution in [-0.4, -0.2) is 75.2 Å². The summed E-state index contributed by atoms with van der Waals surface area (Å²) in [4.78, 5) is 9.08. The van der Waals surface area contributed by atoms with Crippen molar-refractivity contribution >= 4 is 5.96 Å². The Kier molecular flexibility index (Phi) is 7.92. The van der Waals surface area contributed by atoms with E-state index in [1.807, 2.05) is 7.05 Å². The minimum Gasteiger partial charge on any atom is -0.356 e. The van der Waals surface area contributed by atoms with E-state index < -0.39 is 0 Å². The molecular weight excluding hydrogens is 250 g/mol. The van der Waals surface area contributed by atoms with Crippen LogP contribution in [0.3, 0.4) is 0 Å². The Morgan fingerprint density at radius 3 is 2.45 bits per heavy atom. The lowest BCUT2D eigenvalue weighted by Crippen LogP contribution is -2.50. The van der Waals surface area contributed by atoms with Crippen molar-refractivity contribution in [3.05, 3.63) is 0 Å². The van der Waals surface area contributed by atoms with Crippen LogP contribution in [0, 0.1) is 0 Å². The summed E-state index contributed by atoms with van der Waals surface area (Å²) in [6.45, 7) is 9.01. The third-order valence-corrected chi connectivity index (χ3v) is 3.90. The second-order valence-electron chi connectivity index (χ2n) is 6.20. The SMILES string of the molecule is CN=C(NCCCN(C)C)NC1CCN(C(C)C)CC1. The van der Waals surface area contributed by atoms with Gasteiger partial charge in [0.15, 0.2) is 5.96 Å². The maximum absolute atomic E-state index is 4.32. The summed E-state index contributed by atoms with van der Waals surface area (Å²) < 4.78 is 0. The van der Waals surface area contributed by atoms with Crippen LogP contribution in [0.1, 0.15) is 33.1 Å². The molecule has 0 unspecified atom stereocenters. The Morgan fingerprint density at radius 2 is 1.95 bits per heavy atom. The molecule has 0 saturated carbocycles. The fourth-order valence-corrected chi connectivity index (χ4v) is 2.55. The molecule has 1 rings (SSSR count). The molecule has 118 valence electrons. The maximum Gasteiger partial charge on any atom is 0.191 e. The molecule has 0 aromatic rings. The Balaban J connectivity index is 2.21. The van der Waals surface area contributed by atoms with Crippen LogP contribution in [0.2, 0.25) is 0 Å². The van der Waals surface area contributed by atoms with Gasteiger partial charge in [0.1, 0.15) is 0 Å². The number of hydrogen-bond acceptors (Lipinski definition) is 3. The van der Waals surface area contributed by atoms with Gasteiger partial charge in [0.25, 0.3) is 0 Å². The first-order valence-corrected chi connectivity index (χ1v) is 7.89. The zero-order valence-corrected chi connectivity index (χ0v) is 13.9. The highest BCUT2D eigenvalue weighted by molar-refractivity contribution is 5.79. The first-order chi connectivity index (χ1) is 9.52. The molecule has 0 aliphatic carbocycles. The monoisotopic (exact) mass is 283 g/mol. The molecule has 0 radical (unpaired) electrons. The minimum atomic E-state index is 0.560. The lowest BCUT2D eigenvalue weighted by Gasteiger charge is -2.35. The largest absolute Gasteiger partial charge is 0.356 e. The number of rotatable bonds is 6. The molecule has 5 heteroatoms. The smallest absolute Gasteiger partial charge is 0.191 e. The highest BCUT2D eigenvalue weighted by atomic mass is 15.2. The van der Waals surface area contributed by atoms with Gasteiger partial charge in [-0.1, -0.05) is 0 Å². The van der Waals surface area contributed by atoms with E-state index in [-0.39, 0.29) is 0 Å². The molecule has 1 saturated heterocycles. The Hall–Kier alpha value is -0.810. The molecule has 0 aromatic carbocycles. The van der Waals surface area contributed by atoms with Gasteiger partial charge in [-0.2, -0.15) is 0 Å². The highest BCUT2D eigenvalue weighted by Crippen LogP contribution is 2.12. The van der Waals surface area contributed by atoms with Crippen LogP contribution in [0.4, 0.5) is 0 Å². The zero-order valence-electron chi connectivity index (χ0n) is 13.9. The third kappa shape index (κ3) is 6.57. The molecule has 1 heterocycles. The van der Waals surface area contributed by atoms with Crippen molar-refractivity contribution in [2.75, 3.05) is 47.3 Å². The molecule has 1 fully saturated rings. The van der Waals surface area contributed by atoms with Crippen molar-refractivity contribution in [3.63, 3.8) is 0 Å². The summed E-state index contributed by atoms with van der Waals surface area (Å²) in [5, 5.41) is 6.96. The summed E-state index contributed by atoms with van der Waals surface area (Å²) >= 11 is 0. The molecule has 5 nitrogen and oxygen atoms in total. The van der Waals surface area contributed by atoms with Crippen molar-refractivity contribution < 1.29 is 0 Å². The topological polar surface area (TPSA) is 42.9 Å². The molecule has 0 aromatic heterocycles. The fraction of sp³-hybridized carbons (Fsp3) is 0.933. The molecule has 20 heavy (non-hydrogen) atoms. The minimum absolute atomic E-state index is 0.560. The van der Waals surface area contributed by atoms with Gasteiger partial charge in [-0.05, 0) is 53.8 Å². The number of likely N-dealkylation sites (tertiary alicyclic amines) is 1. The van der Waals surface area contributed by atoms with Crippen LogP contribution in [-0.2, 0) is 0 Å². The van der Waals surface area contributed by atoms with E-state index in [9.17, 15) is 0 Å². The molecule has 0 spiro atoms. The van der Waals surface area contributed by atoms with Gasteiger partial charge in [-0.15, -0.1) is 0 Å². The van der Waals surface area contributed by atoms with Crippen molar-refractivity contribution in [2.24, 2.45) is 4.99 Å². The molecule has 2 N–H and O–H groups in total. The van der Waals surface area contributed by atoms with E-state index in [1.165, 1.54) is 25.9 Å². The van der Waals surface area contributed by atoms with E-state index in [1.54, 1.807) is 0 Å². The number of nitrogens with zero attached hydrogens (tertiary/aromatic N) is 3. The lowest BCUT2D eigenvalue weighted by molar-refractivity contribution is 0.167. The van der Waals surface area contributed by atoms with Crippen molar-refractivity contribution in [3.8, 4) is 0 Å². The second-order valence-corrected chi connectivity index (χ2v) is 6.20. The van der Waals surface area contributed by atoms with Crippen LogP contribution in [0.15, 0.2) is 4.99 Å². The van der Waals surface area contributed by atoms with Crippen molar-refractivity contribution in [2.45, 2.75) is 45.2 Å². The molecule has 0 amide bonds. The second kappa shape index (κ2) is 9.19. The Morgan fingerprint density at radius 1 is 1.30 bits per heavy atom. The summed E-state index contributed by atoms with van der Waals surface area (Å²) in [5.41, 5.74) is 0. The molecule has 1 aliphatic rings. The fourth-order valence-electron chi connectivity index (χ4n) is 2.55. The van der Waals surface area contributed by atoms with Gasteiger partial charge >= 0.3 is 0 Å². The molecule has 0 atom stereocenters. The predicted molar refractivity (Wildman–Crippen MR) is 87.4 cm³/mol. The average molecular weight is 283 g/mol. The number of nitrogens with one attached hydrogen (secondary N) is 2. The number of piperidine rings is 1. The van der Waals surface area contributed by atoms with E-state index in [0.29, 0.717) is 12.1 Å². The van der Waals surface area contributed by atoms with Gasteiger partial charge in [0.2, 0.25) is 0 Å². The van der Waals surface area contributed by atoms with Gasteiger partial charge in [0, 0.05) is 38.8 Å². The zero-order chi connectivity index (χ0) is 15.0. The van der Waals surface area contributed by atoms with E-state index in [0.717, 1.165) is 25.5 Å². The Bertz CT molecular complexity index is 280.